The number of carboxylic acid groups (broad SMARTS) is 1. The van der Waals surface area contributed by atoms with Crippen molar-refractivity contribution in [2.24, 2.45) is 0 Å². The molecule has 1 aliphatic heterocycles. The normalized spacial score (nSPS) is 17.8. The monoisotopic (exact) mass is 249 g/mol. The predicted octanol–water partition coefficient (Wildman–Crippen LogP) is 1.27. The number of aliphatic hydroxyl groups is 1. The lowest BCUT2D eigenvalue weighted by molar-refractivity contribution is -0.136. The molecule has 2 rings (SSSR count). The van der Waals surface area contributed by atoms with Crippen LogP contribution in [0.25, 0.3) is 0 Å². The summed E-state index contributed by atoms with van der Waals surface area (Å²) < 4.78 is 0. The van der Waals surface area contributed by atoms with Crippen LogP contribution in [0, 0.1) is 0 Å². The van der Waals surface area contributed by atoms with Crippen molar-refractivity contribution in [1.29, 1.82) is 0 Å². The van der Waals surface area contributed by atoms with Crippen LogP contribution < -0.4 is 0 Å². The number of hydrogen-bond donors (Lipinski definition) is 2. The zero-order valence-corrected chi connectivity index (χ0v) is 10.4. The van der Waals surface area contributed by atoms with Crippen molar-refractivity contribution in [1.82, 2.24) is 4.90 Å². The molecular weight excluding hydrogens is 230 g/mol. The van der Waals surface area contributed by atoms with Gasteiger partial charge in [0.2, 0.25) is 0 Å². The van der Waals surface area contributed by atoms with E-state index in [4.69, 9.17) is 5.11 Å². The van der Waals surface area contributed by atoms with Crippen molar-refractivity contribution < 1.29 is 15.0 Å². The number of aliphatic hydroxyl groups excluding tert-OH is 1. The van der Waals surface area contributed by atoms with Gasteiger partial charge in [0.25, 0.3) is 0 Å². The van der Waals surface area contributed by atoms with Gasteiger partial charge >= 0.3 is 5.97 Å². The van der Waals surface area contributed by atoms with E-state index in [-0.39, 0.29) is 12.5 Å². The Kier molecular flexibility index (Phi) is 4.33. The van der Waals surface area contributed by atoms with E-state index in [0.29, 0.717) is 0 Å². The van der Waals surface area contributed by atoms with Crippen LogP contribution >= 0.6 is 0 Å². The molecule has 0 bridgehead atoms. The summed E-state index contributed by atoms with van der Waals surface area (Å²) in [5.41, 5.74) is 2.03. The van der Waals surface area contributed by atoms with Crippen LogP contribution in [0.5, 0.6) is 0 Å². The van der Waals surface area contributed by atoms with Crippen LogP contribution in [0.15, 0.2) is 24.3 Å². The highest BCUT2D eigenvalue weighted by atomic mass is 16.4. The van der Waals surface area contributed by atoms with Crippen LogP contribution in [0.2, 0.25) is 0 Å². The Labute approximate surface area is 107 Å². The largest absolute Gasteiger partial charge is 0.481 e. The minimum absolute atomic E-state index is 0.0796. The molecule has 98 valence electrons. The standard InChI is InChI=1S/C14H19NO3/c16-13-5-7-15(8-6-13)10-12-3-1-11(2-4-12)9-14(17)18/h1-4,13,16H,5-10H2,(H,17,18). The Hall–Kier alpha value is -1.39. The number of benzene rings is 1. The number of rotatable bonds is 4. The molecule has 1 aromatic rings. The molecule has 1 heterocycles. The summed E-state index contributed by atoms with van der Waals surface area (Å²) in [7, 11) is 0. The molecule has 4 heteroatoms. The number of likely N-dealkylation sites (tertiary alicyclic amines) is 1. The number of carbonyl (C=O) groups is 1. The summed E-state index contributed by atoms with van der Waals surface area (Å²) in [6.45, 7) is 2.73. The molecule has 0 spiro atoms. The molecule has 0 unspecified atom stereocenters. The van der Waals surface area contributed by atoms with Gasteiger partial charge in [0.15, 0.2) is 0 Å². The molecule has 0 atom stereocenters. The number of aliphatic carboxylic acids is 1. The first-order valence-electron chi connectivity index (χ1n) is 6.33. The van der Waals surface area contributed by atoms with Crippen molar-refractivity contribution in [3.05, 3.63) is 35.4 Å². The van der Waals surface area contributed by atoms with Gasteiger partial charge in [-0.2, -0.15) is 0 Å². The fourth-order valence-corrected chi connectivity index (χ4v) is 2.27. The van der Waals surface area contributed by atoms with Crippen molar-refractivity contribution in [3.8, 4) is 0 Å². The molecule has 0 saturated carbocycles. The van der Waals surface area contributed by atoms with E-state index in [1.165, 1.54) is 5.56 Å². The van der Waals surface area contributed by atoms with Gasteiger partial charge in [-0.05, 0) is 24.0 Å². The van der Waals surface area contributed by atoms with Crippen LogP contribution in [-0.2, 0) is 17.8 Å². The van der Waals surface area contributed by atoms with Gasteiger partial charge in [-0.25, -0.2) is 0 Å². The topological polar surface area (TPSA) is 60.8 Å². The molecule has 0 amide bonds. The number of nitrogens with zero attached hydrogens (tertiary/aromatic N) is 1. The third-order valence-electron chi connectivity index (χ3n) is 3.34. The van der Waals surface area contributed by atoms with Crippen molar-refractivity contribution >= 4 is 5.97 Å². The summed E-state index contributed by atoms with van der Waals surface area (Å²) in [4.78, 5) is 12.9. The second-order valence-electron chi connectivity index (χ2n) is 4.89. The fraction of sp³-hybridized carbons (Fsp3) is 0.500. The van der Waals surface area contributed by atoms with Crippen molar-refractivity contribution in [3.63, 3.8) is 0 Å². The van der Waals surface area contributed by atoms with Crippen molar-refractivity contribution in [2.45, 2.75) is 31.9 Å². The van der Waals surface area contributed by atoms with Gasteiger partial charge in [0.05, 0.1) is 12.5 Å². The van der Waals surface area contributed by atoms with E-state index in [1.54, 1.807) is 0 Å². The summed E-state index contributed by atoms with van der Waals surface area (Å²) in [5, 5.41) is 18.1. The second-order valence-corrected chi connectivity index (χ2v) is 4.89. The molecule has 0 aliphatic carbocycles. The third kappa shape index (κ3) is 3.82. The molecule has 4 nitrogen and oxygen atoms in total. The van der Waals surface area contributed by atoms with E-state index < -0.39 is 5.97 Å². The minimum Gasteiger partial charge on any atom is -0.481 e. The SMILES string of the molecule is O=C(O)Cc1ccc(CN2CCC(O)CC2)cc1. The molecule has 1 saturated heterocycles. The maximum Gasteiger partial charge on any atom is 0.307 e. The van der Waals surface area contributed by atoms with E-state index in [2.05, 4.69) is 4.90 Å². The highest BCUT2D eigenvalue weighted by Crippen LogP contribution is 2.14. The molecule has 18 heavy (non-hydrogen) atoms. The zero-order chi connectivity index (χ0) is 13.0. The Morgan fingerprint density at radius 2 is 1.72 bits per heavy atom. The Morgan fingerprint density at radius 1 is 1.17 bits per heavy atom. The number of carboxylic acids is 1. The Morgan fingerprint density at radius 3 is 2.28 bits per heavy atom. The average molecular weight is 249 g/mol. The molecule has 1 fully saturated rings. The van der Waals surface area contributed by atoms with Crippen LogP contribution in [-0.4, -0.2) is 40.3 Å². The summed E-state index contributed by atoms with van der Waals surface area (Å²) >= 11 is 0. The van der Waals surface area contributed by atoms with Gasteiger partial charge < -0.3 is 10.2 Å². The van der Waals surface area contributed by atoms with Crippen LogP contribution in [0.1, 0.15) is 24.0 Å². The highest BCUT2D eigenvalue weighted by molar-refractivity contribution is 5.70. The maximum absolute atomic E-state index is 10.6. The van der Waals surface area contributed by atoms with E-state index in [9.17, 15) is 9.90 Å². The van der Waals surface area contributed by atoms with Gasteiger partial charge in [-0.1, -0.05) is 24.3 Å². The van der Waals surface area contributed by atoms with Gasteiger partial charge in [-0.15, -0.1) is 0 Å². The maximum atomic E-state index is 10.6. The highest BCUT2D eigenvalue weighted by Gasteiger charge is 2.16. The molecule has 2 N–H and O–H groups in total. The smallest absolute Gasteiger partial charge is 0.307 e. The van der Waals surface area contributed by atoms with Gasteiger partial charge in [0.1, 0.15) is 0 Å². The molecule has 0 radical (unpaired) electrons. The molecule has 0 aromatic heterocycles. The third-order valence-corrected chi connectivity index (χ3v) is 3.34. The Bertz CT molecular complexity index is 394. The molecular formula is C14H19NO3. The molecule has 1 aromatic carbocycles. The van der Waals surface area contributed by atoms with Gasteiger partial charge in [0, 0.05) is 19.6 Å². The van der Waals surface area contributed by atoms with E-state index >= 15 is 0 Å². The summed E-state index contributed by atoms with van der Waals surface area (Å²) in [6, 6.07) is 7.73. The fourth-order valence-electron chi connectivity index (χ4n) is 2.27. The first kappa shape index (κ1) is 13.1. The summed E-state index contributed by atoms with van der Waals surface area (Å²) in [6.07, 6.45) is 1.63. The lowest BCUT2D eigenvalue weighted by atomic mass is 10.1. The van der Waals surface area contributed by atoms with E-state index in [0.717, 1.165) is 38.0 Å². The van der Waals surface area contributed by atoms with Crippen molar-refractivity contribution in [2.75, 3.05) is 13.1 Å². The first-order chi connectivity index (χ1) is 8.63. The number of hydrogen-bond acceptors (Lipinski definition) is 3. The van der Waals surface area contributed by atoms with Crippen LogP contribution in [0.4, 0.5) is 0 Å². The average Bonchev–Trinajstić information content (AvgIpc) is 2.34. The Balaban J connectivity index is 1.88. The molecule has 1 aliphatic rings. The second kappa shape index (κ2) is 5.98. The quantitative estimate of drug-likeness (QED) is 0.843. The zero-order valence-electron chi connectivity index (χ0n) is 10.4. The first-order valence-corrected chi connectivity index (χ1v) is 6.33. The summed E-state index contributed by atoms with van der Waals surface area (Å²) in [5.74, 6) is -0.798. The minimum atomic E-state index is -0.798. The predicted molar refractivity (Wildman–Crippen MR) is 68.3 cm³/mol. The lowest BCUT2D eigenvalue weighted by Gasteiger charge is -2.29. The lowest BCUT2D eigenvalue weighted by Crippen LogP contribution is -2.35. The van der Waals surface area contributed by atoms with Gasteiger partial charge in [-0.3, -0.25) is 9.69 Å². The van der Waals surface area contributed by atoms with Crippen LogP contribution in [0.3, 0.4) is 0 Å². The number of piperidine rings is 1. The van der Waals surface area contributed by atoms with E-state index in [1.807, 2.05) is 24.3 Å².